The molecule has 3 heterocycles. The highest BCUT2D eigenvalue weighted by Gasteiger charge is 2.18. The first-order chi connectivity index (χ1) is 13.5. The second kappa shape index (κ2) is 8.89. The Kier molecular flexibility index (Phi) is 6.32. The van der Waals surface area contributed by atoms with Crippen LogP contribution in [0.15, 0.2) is 22.9 Å². The maximum Gasteiger partial charge on any atom is 0.330 e. The number of aryl methyl sites for hydroxylation is 1. The van der Waals surface area contributed by atoms with E-state index >= 15 is 0 Å². The van der Waals surface area contributed by atoms with Gasteiger partial charge in [0.1, 0.15) is 0 Å². The van der Waals surface area contributed by atoms with Crippen LogP contribution in [0.2, 0.25) is 0 Å². The summed E-state index contributed by atoms with van der Waals surface area (Å²) < 4.78 is 12.2. The molecule has 9 nitrogen and oxygen atoms in total. The number of nitrogens with zero attached hydrogens (tertiary/aromatic N) is 5. The highest BCUT2D eigenvalue weighted by Crippen LogP contribution is 2.17. The number of carbonyl (C=O) groups is 2. The fraction of sp³-hybridized carbons (Fsp3) is 0.389. The molecule has 28 heavy (non-hydrogen) atoms. The van der Waals surface area contributed by atoms with E-state index in [2.05, 4.69) is 15.4 Å². The number of esters is 1. The molecule has 0 bridgehead atoms. The van der Waals surface area contributed by atoms with Gasteiger partial charge in [0, 0.05) is 41.5 Å². The summed E-state index contributed by atoms with van der Waals surface area (Å²) in [6, 6.07) is 3.67. The van der Waals surface area contributed by atoms with Crippen molar-refractivity contribution in [3.63, 3.8) is 0 Å². The van der Waals surface area contributed by atoms with Gasteiger partial charge in [-0.2, -0.15) is 16.1 Å². The summed E-state index contributed by atoms with van der Waals surface area (Å²) in [5.41, 5.74) is 3.16. The van der Waals surface area contributed by atoms with Gasteiger partial charge in [0.15, 0.2) is 13.2 Å². The molecule has 3 aromatic heterocycles. The second-order valence-corrected chi connectivity index (χ2v) is 6.95. The molecule has 148 valence electrons. The number of aromatic nitrogens is 5. The minimum atomic E-state index is -0.601. The van der Waals surface area contributed by atoms with E-state index in [1.807, 2.05) is 35.2 Å². The van der Waals surface area contributed by atoms with Crippen LogP contribution in [-0.4, -0.2) is 56.9 Å². The Morgan fingerprint density at radius 2 is 2.11 bits per heavy atom. The van der Waals surface area contributed by atoms with Crippen LogP contribution in [0.3, 0.4) is 0 Å². The highest BCUT2D eigenvalue weighted by molar-refractivity contribution is 7.08. The van der Waals surface area contributed by atoms with E-state index in [4.69, 9.17) is 9.47 Å². The molecule has 0 saturated carbocycles. The number of hydrogen-bond acceptors (Lipinski definition) is 8. The van der Waals surface area contributed by atoms with Crippen molar-refractivity contribution in [3.05, 3.63) is 39.8 Å². The average Bonchev–Trinajstić information content (AvgIpc) is 3.40. The van der Waals surface area contributed by atoms with Crippen LogP contribution in [0.1, 0.15) is 21.7 Å². The Labute approximate surface area is 165 Å². The zero-order valence-electron chi connectivity index (χ0n) is 15.9. The third-order valence-electron chi connectivity index (χ3n) is 4.26. The van der Waals surface area contributed by atoms with Gasteiger partial charge in [-0.15, -0.1) is 10.2 Å². The number of ketones is 1. The fourth-order valence-corrected chi connectivity index (χ4v) is 3.45. The lowest BCUT2D eigenvalue weighted by molar-refractivity contribution is -0.143. The summed E-state index contributed by atoms with van der Waals surface area (Å²) in [6.07, 6.45) is 0. The molecular weight excluding hydrogens is 382 g/mol. The number of ether oxygens (including phenoxy) is 2. The third kappa shape index (κ3) is 4.52. The number of tetrazole rings is 1. The van der Waals surface area contributed by atoms with Gasteiger partial charge < -0.3 is 14.0 Å². The van der Waals surface area contributed by atoms with Crippen molar-refractivity contribution in [2.45, 2.75) is 26.9 Å². The molecule has 0 aliphatic carbocycles. The molecule has 10 heteroatoms. The van der Waals surface area contributed by atoms with E-state index in [1.54, 1.807) is 13.2 Å². The number of carbonyl (C=O) groups excluding carboxylic acids is 2. The first-order valence-electron chi connectivity index (χ1n) is 8.64. The Hall–Kier alpha value is -2.85. The van der Waals surface area contributed by atoms with Gasteiger partial charge in [-0.25, -0.2) is 4.79 Å². The van der Waals surface area contributed by atoms with Crippen molar-refractivity contribution in [1.29, 1.82) is 0 Å². The average molecular weight is 403 g/mol. The van der Waals surface area contributed by atoms with E-state index in [0.29, 0.717) is 24.5 Å². The van der Waals surface area contributed by atoms with Gasteiger partial charge in [0.25, 0.3) is 0 Å². The van der Waals surface area contributed by atoms with Crippen LogP contribution >= 0.6 is 11.3 Å². The number of Topliss-reactive ketones (excluding diaryl/α,β-unsaturated/α-hetero) is 1. The third-order valence-corrected chi connectivity index (χ3v) is 4.94. The second-order valence-electron chi connectivity index (χ2n) is 6.17. The topological polar surface area (TPSA) is 101 Å². The largest absolute Gasteiger partial charge is 0.456 e. The van der Waals surface area contributed by atoms with Crippen molar-refractivity contribution >= 4 is 23.1 Å². The first-order valence-corrected chi connectivity index (χ1v) is 9.58. The zero-order chi connectivity index (χ0) is 20.1. The molecule has 0 spiro atoms. The molecule has 0 radical (unpaired) electrons. The summed E-state index contributed by atoms with van der Waals surface area (Å²) in [4.78, 5) is 25.6. The summed E-state index contributed by atoms with van der Waals surface area (Å²) in [5.74, 6) is -0.417. The van der Waals surface area contributed by atoms with E-state index in [1.165, 1.54) is 11.3 Å². The van der Waals surface area contributed by atoms with Gasteiger partial charge in [-0.1, -0.05) is 0 Å². The fourth-order valence-electron chi connectivity index (χ4n) is 2.81. The van der Waals surface area contributed by atoms with Gasteiger partial charge in [0.2, 0.25) is 11.6 Å². The van der Waals surface area contributed by atoms with E-state index in [9.17, 15) is 9.59 Å². The molecular formula is C18H21N5O4S. The summed E-state index contributed by atoms with van der Waals surface area (Å²) in [5, 5.41) is 15.7. The SMILES string of the molecule is COCCn1c(C)cc(C(=O)COC(=O)Cn2nnc(-c3ccsc3)n2)c1C. The molecule has 0 aliphatic heterocycles. The van der Waals surface area contributed by atoms with Crippen molar-refractivity contribution < 1.29 is 19.1 Å². The molecule has 0 aromatic carbocycles. The summed E-state index contributed by atoms with van der Waals surface area (Å²) >= 11 is 1.52. The summed E-state index contributed by atoms with van der Waals surface area (Å²) in [7, 11) is 1.63. The molecule has 0 atom stereocenters. The minimum Gasteiger partial charge on any atom is -0.456 e. The number of methoxy groups -OCH3 is 1. The number of hydrogen-bond donors (Lipinski definition) is 0. The van der Waals surface area contributed by atoms with Crippen molar-refractivity contribution in [2.75, 3.05) is 20.3 Å². The van der Waals surface area contributed by atoms with Crippen molar-refractivity contribution in [3.8, 4) is 11.4 Å². The molecule has 0 unspecified atom stereocenters. The smallest absolute Gasteiger partial charge is 0.330 e. The van der Waals surface area contributed by atoms with Crippen molar-refractivity contribution in [2.24, 2.45) is 0 Å². The monoisotopic (exact) mass is 403 g/mol. The molecule has 0 N–H and O–H groups in total. The van der Waals surface area contributed by atoms with Crippen molar-refractivity contribution in [1.82, 2.24) is 24.8 Å². The zero-order valence-corrected chi connectivity index (χ0v) is 16.7. The van der Waals surface area contributed by atoms with Gasteiger partial charge in [0.05, 0.1) is 6.61 Å². The summed E-state index contributed by atoms with van der Waals surface area (Å²) in [6.45, 7) is 4.45. The lowest BCUT2D eigenvalue weighted by Crippen LogP contribution is -2.20. The molecule has 3 rings (SSSR count). The number of rotatable bonds is 9. The van der Waals surface area contributed by atoms with E-state index in [0.717, 1.165) is 21.7 Å². The van der Waals surface area contributed by atoms with Gasteiger partial charge in [-0.3, -0.25) is 4.79 Å². The quantitative estimate of drug-likeness (QED) is 0.397. The van der Waals surface area contributed by atoms with Crippen LogP contribution in [0.4, 0.5) is 0 Å². The van der Waals surface area contributed by atoms with Crippen LogP contribution in [0, 0.1) is 13.8 Å². The van der Waals surface area contributed by atoms with Crippen LogP contribution in [-0.2, 0) is 27.4 Å². The van der Waals surface area contributed by atoms with Crippen LogP contribution < -0.4 is 0 Å². The Balaban J connectivity index is 1.55. The molecule has 0 saturated heterocycles. The maximum absolute atomic E-state index is 12.5. The Morgan fingerprint density at radius 3 is 2.82 bits per heavy atom. The highest BCUT2D eigenvalue weighted by atomic mass is 32.1. The van der Waals surface area contributed by atoms with E-state index < -0.39 is 5.97 Å². The molecule has 0 aliphatic rings. The van der Waals surface area contributed by atoms with E-state index in [-0.39, 0.29) is 18.9 Å². The predicted molar refractivity (Wildman–Crippen MR) is 102 cm³/mol. The Morgan fingerprint density at radius 1 is 1.29 bits per heavy atom. The van der Waals surface area contributed by atoms with Crippen LogP contribution in [0.25, 0.3) is 11.4 Å². The lowest BCUT2D eigenvalue weighted by Gasteiger charge is -2.09. The first kappa shape index (κ1) is 19.9. The Bertz CT molecular complexity index is 961. The molecule has 0 amide bonds. The number of thiophene rings is 1. The van der Waals surface area contributed by atoms with Gasteiger partial charge in [-0.05, 0) is 36.6 Å². The molecule has 0 fully saturated rings. The lowest BCUT2D eigenvalue weighted by atomic mass is 10.1. The normalized spacial score (nSPS) is 11.0. The predicted octanol–water partition coefficient (Wildman–Crippen LogP) is 1.89. The minimum absolute atomic E-state index is 0.211. The molecule has 3 aromatic rings. The van der Waals surface area contributed by atoms with Crippen LogP contribution in [0.5, 0.6) is 0 Å². The maximum atomic E-state index is 12.5. The standard InChI is InChI=1S/C18H21N5O4S/c1-12-8-15(13(2)22(12)5-6-26-3)16(24)10-27-17(25)9-23-20-18(19-21-23)14-4-7-28-11-14/h4,7-8,11H,5-6,9-10H2,1-3H3. The van der Waals surface area contributed by atoms with Gasteiger partial charge >= 0.3 is 5.97 Å².